The van der Waals surface area contributed by atoms with E-state index < -0.39 is 5.82 Å². The second kappa shape index (κ2) is 5.43. The Morgan fingerprint density at radius 3 is 3.00 bits per heavy atom. The molecule has 0 saturated carbocycles. The molecule has 17 heavy (non-hydrogen) atoms. The van der Waals surface area contributed by atoms with Crippen LogP contribution < -0.4 is 4.74 Å². The van der Waals surface area contributed by atoms with Gasteiger partial charge in [0.15, 0.2) is 11.6 Å². The first-order valence-corrected chi connectivity index (χ1v) is 5.43. The zero-order chi connectivity index (χ0) is 12.1. The molecule has 1 aromatic carbocycles. The second-order valence-electron chi connectivity index (χ2n) is 3.56. The topological polar surface area (TPSA) is 48.2 Å². The quantitative estimate of drug-likeness (QED) is 0.747. The fourth-order valence-corrected chi connectivity index (χ4v) is 1.35. The van der Waals surface area contributed by atoms with Crippen LogP contribution in [0.3, 0.4) is 0 Å². The Labute approximate surface area is 98.4 Å². The minimum Gasteiger partial charge on any atom is -0.491 e. The molecule has 0 aliphatic carbocycles. The van der Waals surface area contributed by atoms with Gasteiger partial charge in [-0.25, -0.2) is 4.39 Å². The average molecular weight is 235 g/mol. The van der Waals surface area contributed by atoms with Crippen molar-refractivity contribution in [1.29, 1.82) is 0 Å². The molecule has 0 atom stereocenters. The van der Waals surface area contributed by atoms with E-state index in [2.05, 4.69) is 28.0 Å². The molecule has 0 spiro atoms. The van der Waals surface area contributed by atoms with Crippen LogP contribution in [0, 0.1) is 12.2 Å². The van der Waals surface area contributed by atoms with Crippen molar-refractivity contribution in [2.24, 2.45) is 0 Å². The van der Waals surface area contributed by atoms with E-state index in [4.69, 9.17) is 4.74 Å². The highest BCUT2D eigenvalue weighted by Gasteiger charge is 2.09. The Bertz CT molecular complexity index is 471. The number of nitrogens with zero attached hydrogens (tertiary/aromatic N) is 2. The van der Waals surface area contributed by atoms with Crippen LogP contribution in [0.5, 0.6) is 5.75 Å². The van der Waals surface area contributed by atoms with Crippen molar-refractivity contribution in [2.45, 2.75) is 19.8 Å². The van der Waals surface area contributed by atoms with Crippen molar-refractivity contribution in [1.82, 2.24) is 10.1 Å². The van der Waals surface area contributed by atoms with Crippen LogP contribution in [0.1, 0.15) is 19.8 Å². The van der Waals surface area contributed by atoms with Crippen LogP contribution in [-0.4, -0.2) is 16.7 Å². The zero-order valence-corrected chi connectivity index (χ0v) is 9.44. The summed E-state index contributed by atoms with van der Waals surface area (Å²) >= 11 is 0. The molecule has 0 amide bonds. The first-order chi connectivity index (χ1) is 8.31. The summed E-state index contributed by atoms with van der Waals surface area (Å²) in [6, 6.07) is 4.57. The predicted molar refractivity (Wildman–Crippen MR) is 58.9 cm³/mol. The molecule has 4 nitrogen and oxygen atoms in total. The second-order valence-corrected chi connectivity index (χ2v) is 3.56. The Morgan fingerprint density at radius 2 is 2.35 bits per heavy atom. The van der Waals surface area contributed by atoms with Crippen molar-refractivity contribution in [3.8, 4) is 17.1 Å². The number of halogens is 1. The minimum absolute atomic E-state index is 0.245. The third-order valence-corrected chi connectivity index (χ3v) is 2.27. The monoisotopic (exact) mass is 235 g/mol. The van der Waals surface area contributed by atoms with Gasteiger partial charge in [0.1, 0.15) is 0 Å². The molecule has 0 N–H and O–H groups in total. The van der Waals surface area contributed by atoms with Crippen LogP contribution in [-0.2, 0) is 0 Å². The first-order valence-electron chi connectivity index (χ1n) is 5.43. The normalized spacial score (nSPS) is 10.5. The average Bonchev–Trinajstić information content (AvgIpc) is 2.85. The van der Waals surface area contributed by atoms with Crippen molar-refractivity contribution < 1.29 is 13.7 Å². The molecular weight excluding hydrogens is 223 g/mol. The molecule has 5 heteroatoms. The maximum atomic E-state index is 13.6. The highest BCUT2D eigenvalue weighted by molar-refractivity contribution is 5.55. The van der Waals surface area contributed by atoms with Gasteiger partial charge in [0, 0.05) is 5.56 Å². The minimum atomic E-state index is -0.427. The zero-order valence-electron chi connectivity index (χ0n) is 9.44. The van der Waals surface area contributed by atoms with Gasteiger partial charge in [-0.05, 0) is 24.6 Å². The molecule has 1 radical (unpaired) electrons. The van der Waals surface area contributed by atoms with E-state index >= 15 is 0 Å². The summed E-state index contributed by atoms with van der Waals surface area (Å²) in [6.45, 7) is 2.57. The molecule has 0 saturated heterocycles. The smallest absolute Gasteiger partial charge is 0.316 e. The van der Waals surface area contributed by atoms with Gasteiger partial charge in [0.2, 0.25) is 5.82 Å². The Kier molecular flexibility index (Phi) is 3.69. The number of hydrogen-bond acceptors (Lipinski definition) is 4. The maximum absolute atomic E-state index is 13.6. The molecule has 0 bridgehead atoms. The van der Waals surface area contributed by atoms with Gasteiger partial charge in [0.25, 0.3) is 0 Å². The van der Waals surface area contributed by atoms with Crippen molar-refractivity contribution in [3.63, 3.8) is 0 Å². The number of benzene rings is 1. The molecule has 2 aromatic rings. The fourth-order valence-electron chi connectivity index (χ4n) is 1.35. The third kappa shape index (κ3) is 2.81. The lowest BCUT2D eigenvalue weighted by molar-refractivity contribution is 0.294. The summed E-state index contributed by atoms with van der Waals surface area (Å²) in [5.41, 5.74) is 0.537. The number of ether oxygens (including phenoxy) is 1. The highest BCUT2D eigenvalue weighted by Crippen LogP contribution is 2.23. The first kappa shape index (κ1) is 11.6. The Morgan fingerprint density at radius 1 is 1.47 bits per heavy atom. The van der Waals surface area contributed by atoms with Gasteiger partial charge < -0.3 is 9.26 Å². The van der Waals surface area contributed by atoms with E-state index in [1.807, 2.05) is 0 Å². The van der Waals surface area contributed by atoms with Crippen LogP contribution in [0.2, 0.25) is 0 Å². The van der Waals surface area contributed by atoms with Crippen molar-refractivity contribution in [3.05, 3.63) is 30.4 Å². The van der Waals surface area contributed by atoms with Crippen LogP contribution in [0.25, 0.3) is 11.4 Å². The molecule has 1 aromatic heterocycles. The number of unbranched alkanes of at least 4 members (excludes halogenated alkanes) is 1. The van der Waals surface area contributed by atoms with E-state index in [9.17, 15) is 4.39 Å². The van der Waals surface area contributed by atoms with Crippen molar-refractivity contribution >= 4 is 0 Å². The van der Waals surface area contributed by atoms with Crippen LogP contribution in [0.4, 0.5) is 4.39 Å². The molecule has 89 valence electrons. The van der Waals surface area contributed by atoms with Crippen LogP contribution >= 0.6 is 0 Å². The van der Waals surface area contributed by atoms with Gasteiger partial charge in [0.05, 0.1) is 6.61 Å². The molecule has 0 aliphatic heterocycles. The summed E-state index contributed by atoms with van der Waals surface area (Å²) in [5.74, 6) is 0.127. The summed E-state index contributed by atoms with van der Waals surface area (Å²) < 4.78 is 23.4. The third-order valence-electron chi connectivity index (χ3n) is 2.27. The van der Waals surface area contributed by atoms with E-state index in [1.165, 1.54) is 6.07 Å². The fraction of sp³-hybridized carbons (Fsp3) is 0.333. The summed E-state index contributed by atoms with van der Waals surface area (Å²) in [4.78, 5) is 3.72. The van der Waals surface area contributed by atoms with Crippen LogP contribution in [0.15, 0.2) is 22.7 Å². The van der Waals surface area contributed by atoms with Gasteiger partial charge in [-0.1, -0.05) is 18.5 Å². The SMILES string of the molecule is CCCCOc1ccc(-c2n[c]on2)cc1F. The van der Waals surface area contributed by atoms with E-state index in [0.717, 1.165) is 12.8 Å². The molecule has 0 aliphatic rings. The van der Waals surface area contributed by atoms with Gasteiger partial charge in [-0.2, -0.15) is 4.98 Å². The largest absolute Gasteiger partial charge is 0.491 e. The number of rotatable bonds is 5. The molecule has 2 rings (SSSR count). The number of hydrogen-bond donors (Lipinski definition) is 0. The summed E-state index contributed by atoms with van der Waals surface area (Å²) in [6.07, 6.45) is 4.13. The number of aromatic nitrogens is 2. The molecule has 1 heterocycles. The lowest BCUT2D eigenvalue weighted by Gasteiger charge is -2.06. The summed E-state index contributed by atoms with van der Waals surface area (Å²) in [7, 11) is 0. The molecule has 0 fully saturated rings. The lowest BCUT2D eigenvalue weighted by atomic mass is 10.2. The van der Waals surface area contributed by atoms with E-state index in [0.29, 0.717) is 18.0 Å². The van der Waals surface area contributed by atoms with Crippen molar-refractivity contribution in [2.75, 3.05) is 6.61 Å². The van der Waals surface area contributed by atoms with Gasteiger partial charge in [-0.15, -0.1) is 0 Å². The maximum Gasteiger partial charge on any atom is 0.316 e. The molecular formula is C12H12FN2O2. The lowest BCUT2D eigenvalue weighted by Crippen LogP contribution is -1.98. The van der Waals surface area contributed by atoms with E-state index in [1.54, 1.807) is 12.1 Å². The van der Waals surface area contributed by atoms with E-state index in [-0.39, 0.29) is 5.75 Å². The molecule has 0 unspecified atom stereocenters. The summed E-state index contributed by atoms with van der Waals surface area (Å²) in [5, 5.41) is 3.58. The Balaban J connectivity index is 2.12. The standard InChI is InChI=1S/C12H12FN2O2/c1-2-3-6-16-11-5-4-9(7-10(11)13)12-14-8-17-15-12/h4-5,7H,2-3,6H2,1H3. The highest BCUT2D eigenvalue weighted by atomic mass is 19.1. The predicted octanol–water partition coefficient (Wildman–Crippen LogP) is 2.85. The van der Waals surface area contributed by atoms with Gasteiger partial charge >= 0.3 is 6.39 Å². The Hall–Kier alpha value is -1.91. The van der Waals surface area contributed by atoms with Gasteiger partial charge in [-0.3, -0.25) is 0 Å².